The number of pyridine rings is 1. The maximum atomic E-state index is 13.5. The number of tetrazole rings is 1. The first-order valence-electron chi connectivity index (χ1n) is 14.7. The summed E-state index contributed by atoms with van der Waals surface area (Å²) >= 11 is 0. The smallest absolute Gasteiger partial charge is 0.436 e. The van der Waals surface area contributed by atoms with Crippen LogP contribution in [-0.2, 0) is 11.1 Å². The van der Waals surface area contributed by atoms with E-state index in [9.17, 15) is 22.8 Å². The van der Waals surface area contributed by atoms with Gasteiger partial charge in [-0.05, 0) is 46.2 Å². The number of carbonyl (C=O) groups excluding carboxylic acids is 2. The van der Waals surface area contributed by atoms with Gasteiger partial charge in [-0.2, -0.15) is 0 Å². The molecule has 1 aliphatic heterocycles. The highest BCUT2D eigenvalue weighted by Crippen LogP contribution is 2.30. The van der Waals surface area contributed by atoms with Crippen molar-refractivity contribution < 1.29 is 32.0 Å². The van der Waals surface area contributed by atoms with Crippen molar-refractivity contribution in [1.29, 1.82) is 0 Å². The van der Waals surface area contributed by atoms with Crippen molar-refractivity contribution in [3.05, 3.63) is 90.4 Å². The summed E-state index contributed by atoms with van der Waals surface area (Å²) < 4.78 is 45.7. The number of hydrogen-bond donors (Lipinski definition) is 2. The predicted octanol–water partition coefficient (Wildman–Crippen LogP) is 3.87. The van der Waals surface area contributed by atoms with Gasteiger partial charge >= 0.3 is 12.1 Å². The topological polar surface area (TPSA) is 137 Å². The molecule has 2 amide bonds. The van der Waals surface area contributed by atoms with E-state index in [1.165, 1.54) is 6.20 Å². The molecule has 1 atom stereocenters. The quantitative estimate of drug-likeness (QED) is 0.204. The first-order valence-corrected chi connectivity index (χ1v) is 14.7. The maximum absolute atomic E-state index is 13.5. The zero-order valence-corrected chi connectivity index (χ0v) is 24.3. The summed E-state index contributed by atoms with van der Waals surface area (Å²) in [6.45, 7) is 1.37. The summed E-state index contributed by atoms with van der Waals surface area (Å²) in [6, 6.07) is 17.0. The Labute approximate surface area is 260 Å². The number of carbonyl (C=O) groups is 2. The highest BCUT2D eigenvalue weighted by molar-refractivity contribution is 5.95. The van der Waals surface area contributed by atoms with Gasteiger partial charge < -0.3 is 14.6 Å². The second kappa shape index (κ2) is 11.9. The Morgan fingerprint density at radius 1 is 1.04 bits per heavy atom. The average molecular weight is 632 g/mol. The number of nitrogens with one attached hydrogen (secondary N) is 2. The molecule has 15 heteroatoms. The molecule has 1 aliphatic carbocycles. The van der Waals surface area contributed by atoms with Crippen LogP contribution in [0.5, 0.6) is 0 Å². The molecular weight excluding hydrogens is 603 g/mol. The van der Waals surface area contributed by atoms with Gasteiger partial charge in [-0.15, -0.1) is 13.2 Å². The molecule has 0 unspecified atom stereocenters. The molecule has 2 fully saturated rings. The minimum Gasteiger partial charge on any atom is -0.436 e. The summed E-state index contributed by atoms with van der Waals surface area (Å²) in [5.41, 5.74) is 3.23. The van der Waals surface area contributed by atoms with Crippen LogP contribution in [0.1, 0.15) is 40.8 Å². The van der Waals surface area contributed by atoms with Gasteiger partial charge in [0.25, 0.3) is 5.91 Å². The molecule has 4 heterocycles. The van der Waals surface area contributed by atoms with Gasteiger partial charge in [-0.1, -0.05) is 30.3 Å². The van der Waals surface area contributed by atoms with Crippen molar-refractivity contribution in [3.63, 3.8) is 0 Å². The van der Waals surface area contributed by atoms with Gasteiger partial charge in [0.05, 0.1) is 11.5 Å². The number of rotatable bonds is 7. The predicted molar refractivity (Wildman–Crippen MR) is 157 cm³/mol. The molecule has 5 aromatic rings. The molecule has 0 radical (unpaired) electrons. The second-order valence-corrected chi connectivity index (χ2v) is 11.2. The maximum Gasteiger partial charge on any atom is 0.606 e. The SMILES string of the molecule is O=C(Nc1ccc2oc(-c3ccnc(C(=O)N4CCN([C@@H](c5ccccc5)c5n[nH][n+](C(F)(F)F)n5)CC4)c3)nc2c1)C1C[CH+]C1. The molecule has 1 saturated heterocycles. The monoisotopic (exact) mass is 631 g/mol. The number of hydrogen-bond acceptors (Lipinski definition) is 8. The number of nitrogens with zero attached hydrogens (tertiary/aromatic N) is 7. The van der Waals surface area contributed by atoms with E-state index in [1.54, 1.807) is 47.4 Å². The Hall–Kier alpha value is -5.31. The van der Waals surface area contributed by atoms with E-state index in [4.69, 9.17) is 4.42 Å². The van der Waals surface area contributed by atoms with Crippen LogP contribution in [0.3, 0.4) is 0 Å². The molecule has 2 N–H and O–H groups in total. The number of aromatic amines is 1. The molecule has 234 valence electrons. The van der Waals surface area contributed by atoms with Crippen molar-refractivity contribution in [1.82, 2.24) is 35.2 Å². The second-order valence-electron chi connectivity index (χ2n) is 11.2. The van der Waals surface area contributed by atoms with Crippen molar-refractivity contribution in [3.8, 4) is 11.5 Å². The van der Waals surface area contributed by atoms with Gasteiger partial charge in [0.15, 0.2) is 5.58 Å². The third-order valence-corrected chi connectivity index (χ3v) is 8.18. The lowest BCUT2D eigenvalue weighted by Crippen LogP contribution is -2.52. The first-order chi connectivity index (χ1) is 22.2. The van der Waals surface area contributed by atoms with Crippen molar-refractivity contribution in [2.45, 2.75) is 25.2 Å². The number of amides is 2. The van der Waals surface area contributed by atoms with Crippen LogP contribution < -0.4 is 10.1 Å². The van der Waals surface area contributed by atoms with Gasteiger partial charge in [0.2, 0.25) is 11.8 Å². The normalized spacial score (nSPS) is 16.5. The fourth-order valence-corrected chi connectivity index (χ4v) is 5.58. The van der Waals surface area contributed by atoms with Crippen LogP contribution in [0.15, 0.2) is 71.3 Å². The van der Waals surface area contributed by atoms with Crippen LogP contribution >= 0.6 is 0 Å². The summed E-state index contributed by atoms with van der Waals surface area (Å²) in [4.78, 5) is 38.1. The lowest BCUT2D eigenvalue weighted by Gasteiger charge is -2.37. The number of oxazole rings is 1. The van der Waals surface area contributed by atoms with E-state index in [-0.39, 0.29) is 34.0 Å². The Balaban J connectivity index is 1.05. The molecule has 3 aromatic heterocycles. The van der Waals surface area contributed by atoms with Crippen LogP contribution in [0.25, 0.3) is 22.6 Å². The zero-order chi connectivity index (χ0) is 31.8. The molecule has 0 bridgehead atoms. The van der Waals surface area contributed by atoms with Gasteiger partial charge in [-0.3, -0.25) is 19.5 Å². The minimum atomic E-state index is -4.73. The number of H-pyrrole nitrogens is 1. The summed E-state index contributed by atoms with van der Waals surface area (Å²) in [7, 11) is 0. The molecule has 1 saturated carbocycles. The van der Waals surface area contributed by atoms with E-state index >= 15 is 0 Å². The van der Waals surface area contributed by atoms with E-state index < -0.39 is 12.3 Å². The standard InChI is InChI=1S/C31H26F3N9O3/c32-31(33,34)43-39-27(38-40-43)26(19-5-2-1-3-6-19)41-13-15-42(16-14-41)30(45)24-17-21(11-12-35-24)29-37-23-18-22(9-10-25(23)46-29)36-28(44)20-7-4-8-20/h1-6,9-12,17-18,20,26H,7-8,13-16H2/p+2/t26-/m0/s1. The number of fused-ring (bicyclic) bond motifs is 1. The van der Waals surface area contributed by atoms with E-state index in [2.05, 4.69) is 31.9 Å². The van der Waals surface area contributed by atoms with Crippen molar-refractivity contribution in [2.75, 3.05) is 31.5 Å². The van der Waals surface area contributed by atoms with Crippen LogP contribution in [0.2, 0.25) is 0 Å². The van der Waals surface area contributed by atoms with Gasteiger partial charge in [0.1, 0.15) is 36.0 Å². The zero-order valence-electron chi connectivity index (χ0n) is 24.3. The van der Waals surface area contributed by atoms with Gasteiger partial charge in [-0.25, -0.2) is 4.98 Å². The molecule has 2 aromatic carbocycles. The van der Waals surface area contributed by atoms with E-state index in [0.29, 0.717) is 54.4 Å². The van der Waals surface area contributed by atoms with Crippen molar-refractivity contribution >= 4 is 28.6 Å². The highest BCUT2D eigenvalue weighted by Gasteiger charge is 2.44. The summed E-state index contributed by atoms with van der Waals surface area (Å²) in [6.07, 6.45) is 0.419. The number of piperazine rings is 1. The third-order valence-electron chi connectivity index (χ3n) is 8.18. The Bertz CT molecular complexity index is 1880. The van der Waals surface area contributed by atoms with Crippen molar-refractivity contribution in [2.24, 2.45) is 5.92 Å². The van der Waals surface area contributed by atoms with E-state index in [0.717, 1.165) is 18.4 Å². The fourth-order valence-electron chi connectivity index (χ4n) is 5.58. The molecule has 7 rings (SSSR count). The minimum absolute atomic E-state index is 0.00310. The van der Waals surface area contributed by atoms with Gasteiger partial charge in [0, 0.05) is 48.4 Å². The number of alkyl halides is 3. The highest BCUT2D eigenvalue weighted by atomic mass is 19.4. The number of anilines is 1. The largest absolute Gasteiger partial charge is 0.606 e. The summed E-state index contributed by atoms with van der Waals surface area (Å²) in [5, 5.41) is 12.4. The Kier molecular flexibility index (Phi) is 7.60. The summed E-state index contributed by atoms with van der Waals surface area (Å²) in [5.74, 6) is -0.0286. The molecule has 0 spiro atoms. The van der Waals surface area contributed by atoms with E-state index in [1.807, 2.05) is 28.3 Å². The van der Waals surface area contributed by atoms with Crippen LogP contribution in [0.4, 0.5) is 18.9 Å². The lowest BCUT2D eigenvalue weighted by atomic mass is 9.85. The molecule has 2 aliphatic rings. The fraction of sp³-hybridized carbons (Fsp3) is 0.290. The number of benzene rings is 2. The molecule has 12 nitrogen and oxygen atoms in total. The molecule has 46 heavy (non-hydrogen) atoms. The first kappa shape index (κ1) is 29.4. The van der Waals surface area contributed by atoms with Crippen LogP contribution in [0, 0.1) is 12.3 Å². The van der Waals surface area contributed by atoms with Crippen LogP contribution in [-0.4, -0.2) is 73.2 Å². The Morgan fingerprint density at radius 2 is 1.83 bits per heavy atom. The average Bonchev–Trinajstić information content (AvgIpc) is 3.69. The number of aromatic nitrogens is 6. The Morgan fingerprint density at radius 3 is 2.52 bits per heavy atom. The number of halogens is 3. The lowest BCUT2D eigenvalue weighted by molar-refractivity contribution is -0.935. The third kappa shape index (κ3) is 5.88. The molecular formula is C31H28F3N9O3+2.